The number of ether oxygens (including phenoxy) is 1. The Kier molecular flexibility index (Phi) is 7.54. The first-order valence-electron chi connectivity index (χ1n) is 9.68. The van der Waals surface area contributed by atoms with E-state index in [1.54, 1.807) is 6.07 Å². The number of hydrogen-bond acceptors (Lipinski definition) is 3. The molecule has 0 fully saturated rings. The van der Waals surface area contributed by atoms with Gasteiger partial charge in [-0.3, -0.25) is 4.79 Å². The number of carbonyl (C=O) groups is 1. The van der Waals surface area contributed by atoms with Crippen LogP contribution in [0.4, 0.5) is 11.4 Å². The Bertz CT molecular complexity index is 945. The van der Waals surface area contributed by atoms with E-state index in [0.717, 1.165) is 35.5 Å². The lowest BCUT2D eigenvalue weighted by atomic mass is 10.1. The normalized spacial score (nSPS) is 10.4. The van der Waals surface area contributed by atoms with Gasteiger partial charge in [0.2, 0.25) is 5.91 Å². The lowest BCUT2D eigenvalue weighted by molar-refractivity contribution is -0.114. The summed E-state index contributed by atoms with van der Waals surface area (Å²) in [4.78, 5) is 12.3. The summed E-state index contributed by atoms with van der Waals surface area (Å²) in [5.41, 5.74) is 3.67. The van der Waals surface area contributed by atoms with E-state index in [0.29, 0.717) is 11.6 Å². The third-order valence-electron chi connectivity index (χ3n) is 4.58. The third-order valence-corrected chi connectivity index (χ3v) is 4.99. The van der Waals surface area contributed by atoms with E-state index in [9.17, 15) is 4.79 Å². The summed E-state index contributed by atoms with van der Waals surface area (Å²) in [7, 11) is 0. The van der Waals surface area contributed by atoms with Crippen molar-refractivity contribution in [3.8, 4) is 5.75 Å². The zero-order valence-electron chi connectivity index (χ0n) is 16.5. The molecular formula is C24H25ClN2O2. The number of hydrogen-bond donors (Lipinski definition) is 2. The van der Waals surface area contributed by atoms with Crippen molar-refractivity contribution >= 4 is 28.9 Å². The van der Waals surface area contributed by atoms with Crippen molar-refractivity contribution in [3.05, 3.63) is 88.9 Å². The quantitative estimate of drug-likeness (QED) is 0.446. The molecule has 0 saturated carbocycles. The molecule has 5 heteroatoms. The molecule has 0 unspecified atom stereocenters. The minimum atomic E-state index is -0.144. The number of benzene rings is 3. The predicted octanol–water partition coefficient (Wildman–Crippen LogP) is 5.71. The van der Waals surface area contributed by atoms with Crippen molar-refractivity contribution in [2.24, 2.45) is 0 Å². The largest absolute Gasteiger partial charge is 0.491 e. The van der Waals surface area contributed by atoms with E-state index >= 15 is 0 Å². The monoisotopic (exact) mass is 408 g/mol. The lowest BCUT2D eigenvalue weighted by Crippen LogP contribution is -2.22. The number of halogens is 1. The van der Waals surface area contributed by atoms with Gasteiger partial charge in [0.25, 0.3) is 0 Å². The molecule has 0 aliphatic heterocycles. The van der Waals surface area contributed by atoms with Gasteiger partial charge >= 0.3 is 0 Å². The number of aryl methyl sites for hydroxylation is 1. The van der Waals surface area contributed by atoms with E-state index in [4.69, 9.17) is 16.3 Å². The number of anilines is 2. The molecule has 3 rings (SSSR count). The molecule has 4 nitrogen and oxygen atoms in total. The highest BCUT2D eigenvalue weighted by Gasteiger charge is 2.08. The Labute approximate surface area is 176 Å². The van der Waals surface area contributed by atoms with E-state index in [-0.39, 0.29) is 12.5 Å². The Morgan fingerprint density at radius 3 is 2.48 bits per heavy atom. The molecule has 0 spiro atoms. The van der Waals surface area contributed by atoms with Crippen molar-refractivity contribution in [2.45, 2.75) is 19.8 Å². The van der Waals surface area contributed by atoms with E-state index < -0.39 is 0 Å². The lowest BCUT2D eigenvalue weighted by Gasteiger charge is -2.14. The molecule has 0 atom stereocenters. The highest BCUT2D eigenvalue weighted by Crippen LogP contribution is 2.25. The molecule has 1 amide bonds. The van der Waals surface area contributed by atoms with Crippen molar-refractivity contribution < 1.29 is 9.53 Å². The van der Waals surface area contributed by atoms with Gasteiger partial charge in [-0.1, -0.05) is 60.1 Å². The Hall–Kier alpha value is -2.98. The van der Waals surface area contributed by atoms with Gasteiger partial charge in [0, 0.05) is 10.7 Å². The first-order chi connectivity index (χ1) is 14.1. The summed E-state index contributed by atoms with van der Waals surface area (Å²) in [6.45, 7) is 2.63. The number of carbonyl (C=O) groups excluding carboxylic acids is 1. The zero-order valence-corrected chi connectivity index (χ0v) is 17.2. The number of amides is 1. The SMILES string of the molecule is Cc1c(Cl)cccc1NC(=O)CNc1ccccc1OCCCc1ccccc1. The van der Waals surface area contributed by atoms with E-state index in [2.05, 4.69) is 22.8 Å². The molecule has 3 aromatic carbocycles. The fraction of sp³-hybridized carbons (Fsp3) is 0.208. The first kappa shape index (κ1) is 20.7. The Morgan fingerprint density at radius 2 is 1.66 bits per heavy atom. The van der Waals surface area contributed by atoms with Gasteiger partial charge in [-0.15, -0.1) is 0 Å². The molecule has 150 valence electrons. The van der Waals surface area contributed by atoms with Crippen LogP contribution in [-0.4, -0.2) is 19.1 Å². The van der Waals surface area contributed by atoms with Crippen molar-refractivity contribution in [1.29, 1.82) is 0 Å². The molecule has 2 N–H and O–H groups in total. The zero-order chi connectivity index (χ0) is 20.5. The maximum atomic E-state index is 12.3. The summed E-state index contributed by atoms with van der Waals surface area (Å²) < 4.78 is 5.93. The van der Waals surface area contributed by atoms with Crippen molar-refractivity contribution in [1.82, 2.24) is 0 Å². The molecule has 0 aliphatic carbocycles. The molecular weight excluding hydrogens is 384 g/mol. The second-order valence-corrected chi connectivity index (χ2v) is 7.16. The molecule has 0 radical (unpaired) electrons. The molecule has 0 saturated heterocycles. The van der Waals surface area contributed by atoms with Gasteiger partial charge in [-0.05, 0) is 55.2 Å². The van der Waals surface area contributed by atoms with Crippen LogP contribution in [0.25, 0.3) is 0 Å². The average molecular weight is 409 g/mol. The minimum Gasteiger partial charge on any atom is -0.491 e. The van der Waals surface area contributed by atoms with Crippen LogP contribution in [-0.2, 0) is 11.2 Å². The van der Waals surface area contributed by atoms with Gasteiger partial charge in [0.05, 0.1) is 18.8 Å². The molecule has 0 heterocycles. The fourth-order valence-corrected chi connectivity index (χ4v) is 3.13. The molecule has 3 aromatic rings. The molecule has 0 aliphatic rings. The summed E-state index contributed by atoms with van der Waals surface area (Å²) in [6.07, 6.45) is 1.89. The molecule has 29 heavy (non-hydrogen) atoms. The van der Waals surface area contributed by atoms with Crippen LogP contribution in [0, 0.1) is 6.92 Å². The summed E-state index contributed by atoms with van der Waals surface area (Å²) >= 11 is 6.11. The van der Waals surface area contributed by atoms with Gasteiger partial charge in [-0.25, -0.2) is 0 Å². The number of nitrogens with one attached hydrogen (secondary N) is 2. The minimum absolute atomic E-state index is 0.135. The second-order valence-electron chi connectivity index (χ2n) is 6.75. The fourth-order valence-electron chi connectivity index (χ4n) is 2.95. The van der Waals surface area contributed by atoms with Crippen molar-refractivity contribution in [2.75, 3.05) is 23.8 Å². The second kappa shape index (κ2) is 10.5. The smallest absolute Gasteiger partial charge is 0.243 e. The average Bonchev–Trinajstić information content (AvgIpc) is 2.74. The maximum Gasteiger partial charge on any atom is 0.243 e. The Morgan fingerprint density at radius 1 is 0.931 bits per heavy atom. The van der Waals surface area contributed by atoms with Gasteiger partial charge in [0.1, 0.15) is 5.75 Å². The van der Waals surface area contributed by atoms with Crippen LogP contribution in [0.3, 0.4) is 0 Å². The van der Waals surface area contributed by atoms with Crippen molar-refractivity contribution in [3.63, 3.8) is 0 Å². The third kappa shape index (κ3) is 6.26. The highest BCUT2D eigenvalue weighted by molar-refractivity contribution is 6.31. The summed E-state index contributed by atoms with van der Waals surface area (Å²) in [5, 5.41) is 6.67. The summed E-state index contributed by atoms with van der Waals surface area (Å²) in [5.74, 6) is 0.599. The highest BCUT2D eigenvalue weighted by atomic mass is 35.5. The maximum absolute atomic E-state index is 12.3. The van der Waals surface area contributed by atoms with E-state index in [1.807, 2.05) is 61.5 Å². The first-order valence-corrected chi connectivity index (χ1v) is 10.1. The number of para-hydroxylation sites is 2. The van der Waals surface area contributed by atoms with Crippen LogP contribution >= 0.6 is 11.6 Å². The van der Waals surface area contributed by atoms with Crippen LogP contribution in [0.2, 0.25) is 5.02 Å². The van der Waals surface area contributed by atoms with Crippen LogP contribution < -0.4 is 15.4 Å². The topological polar surface area (TPSA) is 50.4 Å². The molecule has 0 aromatic heterocycles. The number of rotatable bonds is 9. The van der Waals surface area contributed by atoms with Crippen LogP contribution in [0.15, 0.2) is 72.8 Å². The van der Waals surface area contributed by atoms with Gasteiger partial charge in [-0.2, -0.15) is 0 Å². The predicted molar refractivity (Wildman–Crippen MR) is 120 cm³/mol. The standard InChI is InChI=1S/C24H25ClN2O2/c1-18-20(25)12-7-14-21(18)27-24(28)17-26-22-13-5-6-15-23(22)29-16-8-11-19-9-3-2-4-10-19/h2-7,9-10,12-15,26H,8,11,16-17H2,1H3,(H,27,28). The molecule has 0 bridgehead atoms. The van der Waals surface area contributed by atoms with Gasteiger partial charge < -0.3 is 15.4 Å². The van der Waals surface area contributed by atoms with Crippen LogP contribution in [0.5, 0.6) is 5.75 Å². The van der Waals surface area contributed by atoms with Gasteiger partial charge in [0.15, 0.2) is 0 Å². The Balaban J connectivity index is 1.49. The van der Waals surface area contributed by atoms with Crippen LogP contribution in [0.1, 0.15) is 17.5 Å². The van der Waals surface area contributed by atoms with E-state index in [1.165, 1.54) is 5.56 Å². The summed E-state index contributed by atoms with van der Waals surface area (Å²) in [6, 6.07) is 23.5.